The summed E-state index contributed by atoms with van der Waals surface area (Å²) >= 11 is 0. The molecule has 2 heteroatoms. The van der Waals surface area contributed by atoms with Gasteiger partial charge in [0.2, 0.25) is 0 Å². The molecule has 116 valence electrons. The predicted molar refractivity (Wildman–Crippen MR) is 93.0 cm³/mol. The van der Waals surface area contributed by atoms with Crippen molar-refractivity contribution in [1.29, 1.82) is 0 Å². The number of benzene rings is 2. The van der Waals surface area contributed by atoms with Crippen LogP contribution < -0.4 is 4.90 Å². The summed E-state index contributed by atoms with van der Waals surface area (Å²) in [5.74, 6) is 1.92. The lowest BCUT2D eigenvalue weighted by Gasteiger charge is -2.22. The molecule has 1 saturated heterocycles. The molecule has 1 saturated carbocycles. The fraction of sp³-hybridized carbons (Fsp3) is 0.381. The zero-order chi connectivity index (χ0) is 15.4. The number of carbonyl (C=O) groups excluding carboxylic acids is 1. The topological polar surface area (TPSA) is 20.3 Å². The standard InChI is InChI=1S/C21H21NO/c23-21-19-8-4-3-7-17(19)18-10-9-16(11-20(18)21)22-12-14-5-1-2-6-15(14)13-22/h3-4,7-11,14-15H,1-2,5-6,12-13H2. The molecule has 2 aromatic carbocycles. The van der Waals surface area contributed by atoms with E-state index >= 15 is 0 Å². The summed E-state index contributed by atoms with van der Waals surface area (Å²) in [6.07, 6.45) is 5.56. The number of fused-ring (bicyclic) bond motifs is 4. The minimum Gasteiger partial charge on any atom is -0.371 e. The summed E-state index contributed by atoms with van der Waals surface area (Å²) in [6, 6.07) is 14.5. The molecule has 2 unspecified atom stereocenters. The Balaban J connectivity index is 1.50. The highest BCUT2D eigenvalue weighted by molar-refractivity contribution is 6.22. The van der Waals surface area contributed by atoms with E-state index in [4.69, 9.17) is 0 Å². The van der Waals surface area contributed by atoms with Gasteiger partial charge in [0, 0.05) is 29.9 Å². The lowest BCUT2D eigenvalue weighted by molar-refractivity contribution is 0.104. The molecule has 0 aromatic heterocycles. The maximum Gasteiger partial charge on any atom is 0.194 e. The van der Waals surface area contributed by atoms with Crippen molar-refractivity contribution in [1.82, 2.24) is 0 Å². The van der Waals surface area contributed by atoms with Crippen molar-refractivity contribution in [3.63, 3.8) is 0 Å². The molecule has 2 aliphatic carbocycles. The zero-order valence-corrected chi connectivity index (χ0v) is 13.3. The van der Waals surface area contributed by atoms with Crippen LogP contribution in [0.1, 0.15) is 41.6 Å². The minimum atomic E-state index is 0.189. The van der Waals surface area contributed by atoms with Gasteiger partial charge in [0.15, 0.2) is 5.78 Å². The molecular weight excluding hydrogens is 282 g/mol. The molecule has 23 heavy (non-hydrogen) atoms. The third-order valence-corrected chi connectivity index (χ3v) is 6.05. The molecule has 2 fully saturated rings. The number of anilines is 1. The first kappa shape index (κ1) is 13.4. The van der Waals surface area contributed by atoms with Gasteiger partial charge in [-0.1, -0.05) is 43.2 Å². The van der Waals surface area contributed by atoms with Gasteiger partial charge in [0.1, 0.15) is 0 Å². The van der Waals surface area contributed by atoms with Gasteiger partial charge >= 0.3 is 0 Å². The molecular formula is C21H21NO. The fourth-order valence-electron chi connectivity index (χ4n) is 4.83. The van der Waals surface area contributed by atoms with Crippen molar-refractivity contribution >= 4 is 11.5 Å². The molecule has 0 N–H and O–H groups in total. The van der Waals surface area contributed by atoms with Gasteiger partial charge in [-0.3, -0.25) is 4.79 Å². The largest absolute Gasteiger partial charge is 0.371 e. The van der Waals surface area contributed by atoms with Gasteiger partial charge in [0.25, 0.3) is 0 Å². The van der Waals surface area contributed by atoms with E-state index < -0.39 is 0 Å². The van der Waals surface area contributed by atoms with Crippen molar-refractivity contribution in [2.24, 2.45) is 11.8 Å². The number of hydrogen-bond acceptors (Lipinski definition) is 2. The molecule has 0 radical (unpaired) electrons. The molecule has 2 aromatic rings. The Morgan fingerprint density at radius 3 is 2.17 bits per heavy atom. The van der Waals surface area contributed by atoms with E-state index in [9.17, 15) is 4.79 Å². The average Bonchev–Trinajstić information content (AvgIpc) is 3.15. The number of ketones is 1. The second-order valence-electron chi connectivity index (χ2n) is 7.31. The van der Waals surface area contributed by atoms with Crippen LogP contribution in [0.3, 0.4) is 0 Å². The first-order valence-corrected chi connectivity index (χ1v) is 8.84. The van der Waals surface area contributed by atoms with Crippen LogP contribution in [0.2, 0.25) is 0 Å². The van der Waals surface area contributed by atoms with Crippen molar-refractivity contribution in [2.75, 3.05) is 18.0 Å². The van der Waals surface area contributed by atoms with Crippen molar-refractivity contribution in [3.05, 3.63) is 53.6 Å². The molecule has 0 spiro atoms. The summed E-state index contributed by atoms with van der Waals surface area (Å²) in [6.45, 7) is 2.34. The Kier molecular flexibility index (Phi) is 2.88. The van der Waals surface area contributed by atoms with Crippen LogP contribution in [-0.2, 0) is 0 Å². The second kappa shape index (κ2) is 4.95. The Morgan fingerprint density at radius 2 is 1.43 bits per heavy atom. The molecule has 1 aliphatic heterocycles. The molecule has 0 amide bonds. The van der Waals surface area contributed by atoms with E-state index in [-0.39, 0.29) is 5.78 Å². The highest BCUT2D eigenvalue weighted by Gasteiger charge is 2.35. The first-order valence-electron chi connectivity index (χ1n) is 8.84. The third kappa shape index (κ3) is 1.97. The second-order valence-corrected chi connectivity index (χ2v) is 7.31. The van der Waals surface area contributed by atoms with Crippen LogP contribution in [0.25, 0.3) is 11.1 Å². The predicted octanol–water partition coefficient (Wildman–Crippen LogP) is 4.52. The number of hydrogen-bond donors (Lipinski definition) is 0. The van der Waals surface area contributed by atoms with Gasteiger partial charge in [-0.25, -0.2) is 0 Å². The maximum atomic E-state index is 12.7. The highest BCUT2D eigenvalue weighted by Crippen LogP contribution is 2.41. The van der Waals surface area contributed by atoms with E-state index in [1.54, 1.807) is 0 Å². The number of carbonyl (C=O) groups is 1. The lowest BCUT2D eigenvalue weighted by Crippen LogP contribution is -2.20. The van der Waals surface area contributed by atoms with E-state index in [2.05, 4.69) is 29.2 Å². The quantitative estimate of drug-likeness (QED) is 0.658. The molecule has 2 nitrogen and oxygen atoms in total. The highest BCUT2D eigenvalue weighted by atomic mass is 16.1. The van der Waals surface area contributed by atoms with Crippen LogP contribution in [0.15, 0.2) is 42.5 Å². The van der Waals surface area contributed by atoms with E-state index in [1.807, 2.05) is 18.2 Å². The van der Waals surface area contributed by atoms with E-state index in [0.29, 0.717) is 0 Å². The fourth-order valence-corrected chi connectivity index (χ4v) is 4.83. The zero-order valence-electron chi connectivity index (χ0n) is 13.3. The average molecular weight is 303 g/mol. The Morgan fingerprint density at radius 1 is 0.783 bits per heavy atom. The first-order chi connectivity index (χ1) is 11.3. The summed E-state index contributed by atoms with van der Waals surface area (Å²) < 4.78 is 0. The number of rotatable bonds is 1. The molecule has 1 heterocycles. The lowest BCUT2D eigenvalue weighted by atomic mass is 9.82. The van der Waals surface area contributed by atoms with E-state index in [0.717, 1.165) is 34.1 Å². The Hall–Kier alpha value is -2.09. The Bertz CT molecular complexity index is 780. The van der Waals surface area contributed by atoms with Gasteiger partial charge in [-0.05, 0) is 47.9 Å². The SMILES string of the molecule is O=C1c2ccccc2-c2ccc(N3CC4CCCCC4C3)cc21. The summed E-state index contributed by atoms with van der Waals surface area (Å²) in [7, 11) is 0. The van der Waals surface area contributed by atoms with Crippen LogP contribution in [-0.4, -0.2) is 18.9 Å². The van der Waals surface area contributed by atoms with Gasteiger partial charge < -0.3 is 4.90 Å². The maximum absolute atomic E-state index is 12.7. The Labute approximate surface area is 137 Å². The van der Waals surface area contributed by atoms with E-state index in [1.165, 1.54) is 44.5 Å². The molecule has 2 atom stereocenters. The van der Waals surface area contributed by atoms with Crippen molar-refractivity contribution in [2.45, 2.75) is 25.7 Å². The molecule has 3 aliphatic rings. The van der Waals surface area contributed by atoms with Crippen molar-refractivity contribution in [3.8, 4) is 11.1 Å². The van der Waals surface area contributed by atoms with Crippen LogP contribution in [0.5, 0.6) is 0 Å². The van der Waals surface area contributed by atoms with Gasteiger partial charge in [-0.2, -0.15) is 0 Å². The smallest absolute Gasteiger partial charge is 0.194 e. The van der Waals surface area contributed by atoms with Gasteiger partial charge in [0.05, 0.1) is 0 Å². The van der Waals surface area contributed by atoms with Crippen LogP contribution in [0.4, 0.5) is 5.69 Å². The summed E-state index contributed by atoms with van der Waals surface area (Å²) in [5, 5.41) is 0. The summed E-state index contributed by atoms with van der Waals surface area (Å²) in [4.78, 5) is 15.2. The normalized spacial score (nSPS) is 25.2. The van der Waals surface area contributed by atoms with Crippen LogP contribution in [0, 0.1) is 11.8 Å². The minimum absolute atomic E-state index is 0.189. The van der Waals surface area contributed by atoms with Crippen molar-refractivity contribution < 1.29 is 4.79 Å². The number of nitrogens with zero attached hydrogens (tertiary/aromatic N) is 1. The molecule has 5 rings (SSSR count). The van der Waals surface area contributed by atoms with Gasteiger partial charge in [-0.15, -0.1) is 0 Å². The third-order valence-electron chi connectivity index (χ3n) is 6.05. The monoisotopic (exact) mass is 303 g/mol. The molecule has 0 bridgehead atoms. The van der Waals surface area contributed by atoms with Crippen LogP contribution >= 0.6 is 0 Å². The summed E-state index contributed by atoms with van der Waals surface area (Å²) in [5.41, 5.74) is 5.17.